The molecule has 0 saturated carbocycles. The van der Waals surface area contributed by atoms with Crippen LogP contribution in [0.15, 0.2) is 81.3 Å². The minimum atomic E-state index is -0.360. The highest BCUT2D eigenvalue weighted by atomic mass is 79.9. The summed E-state index contributed by atoms with van der Waals surface area (Å²) >= 11 is 3.41. The molecule has 6 heteroatoms. The molecule has 0 aliphatic heterocycles. The second-order valence-electron chi connectivity index (χ2n) is 6.29. The number of hydrogen-bond acceptors (Lipinski definition) is 3. The Kier molecular flexibility index (Phi) is 6.11. The normalized spacial score (nSPS) is 11.2. The molecule has 0 spiro atoms. The number of furan rings is 1. The molecule has 3 aromatic rings. The van der Waals surface area contributed by atoms with E-state index in [0.717, 1.165) is 10.0 Å². The van der Waals surface area contributed by atoms with Crippen LogP contribution in [0.4, 0.5) is 0 Å². The molecule has 5 nitrogen and oxygen atoms in total. The lowest BCUT2D eigenvalue weighted by Crippen LogP contribution is -2.34. The summed E-state index contributed by atoms with van der Waals surface area (Å²) in [6.45, 7) is 0. The second-order valence-corrected chi connectivity index (χ2v) is 7.20. The molecule has 0 radical (unpaired) electrons. The van der Waals surface area contributed by atoms with Gasteiger partial charge in [-0.2, -0.15) is 0 Å². The zero-order valence-electron chi connectivity index (χ0n) is 15.5. The van der Waals surface area contributed by atoms with Crippen molar-refractivity contribution in [2.45, 2.75) is 0 Å². The lowest BCUT2D eigenvalue weighted by Gasteiger charge is -2.14. The summed E-state index contributed by atoms with van der Waals surface area (Å²) in [5, 5.41) is 2.68. The van der Waals surface area contributed by atoms with Crippen LogP contribution >= 0.6 is 15.9 Å². The molecule has 0 aliphatic carbocycles. The third-order valence-corrected chi connectivity index (χ3v) is 4.49. The van der Waals surface area contributed by atoms with E-state index in [1.54, 1.807) is 44.4 Å². The van der Waals surface area contributed by atoms with E-state index < -0.39 is 0 Å². The van der Waals surface area contributed by atoms with Crippen molar-refractivity contribution in [2.75, 3.05) is 14.1 Å². The SMILES string of the molecule is CN(C)C(=O)/C(=C/c1ccc(-c2ccc(Br)cc2)o1)NC(=O)c1ccccc1. The Bertz CT molecular complexity index is 1010. The van der Waals surface area contributed by atoms with E-state index in [0.29, 0.717) is 17.1 Å². The predicted molar refractivity (Wildman–Crippen MR) is 112 cm³/mol. The van der Waals surface area contributed by atoms with Gasteiger partial charge in [0.1, 0.15) is 17.2 Å². The number of amides is 2. The van der Waals surface area contributed by atoms with Crippen LogP contribution in [-0.4, -0.2) is 30.8 Å². The summed E-state index contributed by atoms with van der Waals surface area (Å²) in [5.41, 5.74) is 1.52. The fourth-order valence-electron chi connectivity index (χ4n) is 2.52. The number of likely N-dealkylation sites (N-methyl/N-ethyl adjacent to an activating group) is 1. The molecule has 142 valence electrons. The fourth-order valence-corrected chi connectivity index (χ4v) is 2.78. The van der Waals surface area contributed by atoms with Crippen LogP contribution in [0.5, 0.6) is 0 Å². The Morgan fingerprint density at radius 3 is 2.29 bits per heavy atom. The zero-order chi connectivity index (χ0) is 20.1. The molecular formula is C22H19BrN2O3. The summed E-state index contributed by atoms with van der Waals surface area (Å²) in [6, 6.07) is 20.0. The molecule has 0 aliphatic rings. The Hall–Kier alpha value is -3.12. The van der Waals surface area contributed by atoms with Gasteiger partial charge in [0.05, 0.1) is 0 Å². The van der Waals surface area contributed by atoms with Crippen LogP contribution in [0.25, 0.3) is 17.4 Å². The maximum atomic E-state index is 12.5. The molecule has 0 bridgehead atoms. The van der Waals surface area contributed by atoms with Crippen LogP contribution in [-0.2, 0) is 4.79 Å². The van der Waals surface area contributed by atoms with Gasteiger partial charge in [-0.1, -0.05) is 46.3 Å². The first-order valence-electron chi connectivity index (χ1n) is 8.59. The lowest BCUT2D eigenvalue weighted by molar-refractivity contribution is -0.124. The lowest BCUT2D eigenvalue weighted by atomic mass is 10.2. The molecular weight excluding hydrogens is 420 g/mol. The van der Waals surface area contributed by atoms with E-state index in [4.69, 9.17) is 4.42 Å². The Labute approximate surface area is 171 Å². The summed E-state index contributed by atoms with van der Waals surface area (Å²) in [5.74, 6) is 0.453. The minimum absolute atomic E-state index is 0.135. The van der Waals surface area contributed by atoms with Crippen molar-refractivity contribution < 1.29 is 14.0 Å². The first kappa shape index (κ1) is 19.6. The molecule has 3 rings (SSSR count). The Balaban J connectivity index is 1.88. The highest BCUT2D eigenvalue weighted by molar-refractivity contribution is 9.10. The predicted octanol–water partition coefficient (Wildman–Crippen LogP) is 4.57. The van der Waals surface area contributed by atoms with Gasteiger partial charge in [-0.15, -0.1) is 0 Å². The van der Waals surface area contributed by atoms with E-state index in [2.05, 4.69) is 21.2 Å². The maximum absolute atomic E-state index is 12.5. The van der Waals surface area contributed by atoms with Crippen LogP contribution in [0.2, 0.25) is 0 Å². The van der Waals surface area contributed by atoms with E-state index in [1.807, 2.05) is 36.4 Å². The Morgan fingerprint density at radius 1 is 0.964 bits per heavy atom. The van der Waals surface area contributed by atoms with Crippen molar-refractivity contribution in [1.82, 2.24) is 10.2 Å². The van der Waals surface area contributed by atoms with E-state index >= 15 is 0 Å². The van der Waals surface area contributed by atoms with Gasteiger partial charge in [-0.25, -0.2) is 0 Å². The van der Waals surface area contributed by atoms with Gasteiger partial charge >= 0.3 is 0 Å². The Morgan fingerprint density at radius 2 is 1.64 bits per heavy atom. The van der Waals surface area contributed by atoms with Crippen molar-refractivity contribution >= 4 is 33.8 Å². The number of rotatable bonds is 5. The highest BCUT2D eigenvalue weighted by Gasteiger charge is 2.17. The summed E-state index contributed by atoms with van der Waals surface area (Å²) in [7, 11) is 3.25. The minimum Gasteiger partial charge on any atom is -0.457 e. The van der Waals surface area contributed by atoms with Crippen LogP contribution in [0.1, 0.15) is 16.1 Å². The largest absolute Gasteiger partial charge is 0.457 e. The number of benzene rings is 2. The van der Waals surface area contributed by atoms with Gasteiger partial charge in [0, 0.05) is 35.8 Å². The average Bonchev–Trinajstić information content (AvgIpc) is 3.16. The molecule has 0 saturated heterocycles. The van der Waals surface area contributed by atoms with E-state index in [9.17, 15) is 9.59 Å². The molecule has 0 unspecified atom stereocenters. The number of carbonyl (C=O) groups excluding carboxylic acids is 2. The van der Waals surface area contributed by atoms with Crippen LogP contribution in [0, 0.1) is 0 Å². The van der Waals surface area contributed by atoms with Crippen molar-refractivity contribution in [1.29, 1.82) is 0 Å². The number of nitrogens with zero attached hydrogens (tertiary/aromatic N) is 1. The van der Waals surface area contributed by atoms with E-state index in [1.165, 1.54) is 11.0 Å². The van der Waals surface area contributed by atoms with Gasteiger partial charge in [0.15, 0.2) is 0 Å². The molecule has 1 N–H and O–H groups in total. The standard InChI is InChI=1S/C22H19BrN2O3/c1-25(2)22(27)19(24-21(26)16-6-4-3-5-7-16)14-18-12-13-20(28-18)15-8-10-17(23)11-9-15/h3-14H,1-2H3,(H,24,26)/b19-14-. The molecule has 0 fully saturated rings. The molecule has 1 aromatic heterocycles. The molecule has 1 heterocycles. The third-order valence-electron chi connectivity index (χ3n) is 3.96. The van der Waals surface area contributed by atoms with Gasteiger partial charge in [0.2, 0.25) is 0 Å². The summed E-state index contributed by atoms with van der Waals surface area (Å²) in [4.78, 5) is 26.4. The van der Waals surface area contributed by atoms with Crippen molar-refractivity contribution in [2.24, 2.45) is 0 Å². The topological polar surface area (TPSA) is 62.6 Å². The average molecular weight is 439 g/mol. The number of halogens is 1. The number of hydrogen-bond donors (Lipinski definition) is 1. The first-order chi connectivity index (χ1) is 13.4. The smallest absolute Gasteiger partial charge is 0.269 e. The number of nitrogens with one attached hydrogen (secondary N) is 1. The molecule has 0 atom stereocenters. The fraction of sp³-hybridized carbons (Fsp3) is 0.0909. The summed E-state index contributed by atoms with van der Waals surface area (Å²) in [6.07, 6.45) is 1.53. The first-order valence-corrected chi connectivity index (χ1v) is 9.39. The number of carbonyl (C=O) groups is 2. The molecule has 28 heavy (non-hydrogen) atoms. The third kappa shape index (κ3) is 4.78. The van der Waals surface area contributed by atoms with Gasteiger partial charge < -0.3 is 14.6 Å². The summed E-state index contributed by atoms with van der Waals surface area (Å²) < 4.78 is 6.82. The van der Waals surface area contributed by atoms with Gasteiger partial charge in [0.25, 0.3) is 11.8 Å². The van der Waals surface area contributed by atoms with Crippen molar-refractivity contribution in [3.05, 3.63) is 88.2 Å². The maximum Gasteiger partial charge on any atom is 0.269 e. The van der Waals surface area contributed by atoms with Gasteiger partial charge in [-0.05, 0) is 36.4 Å². The van der Waals surface area contributed by atoms with Crippen molar-refractivity contribution in [3.8, 4) is 11.3 Å². The zero-order valence-corrected chi connectivity index (χ0v) is 17.1. The van der Waals surface area contributed by atoms with Crippen molar-refractivity contribution in [3.63, 3.8) is 0 Å². The molecule has 2 aromatic carbocycles. The quantitative estimate of drug-likeness (QED) is 0.593. The second kappa shape index (κ2) is 8.71. The van der Waals surface area contributed by atoms with E-state index in [-0.39, 0.29) is 17.5 Å². The highest BCUT2D eigenvalue weighted by Crippen LogP contribution is 2.25. The molecule has 2 amide bonds. The monoisotopic (exact) mass is 438 g/mol. The van der Waals surface area contributed by atoms with Crippen LogP contribution in [0.3, 0.4) is 0 Å². The van der Waals surface area contributed by atoms with Gasteiger partial charge in [-0.3, -0.25) is 9.59 Å². The van der Waals surface area contributed by atoms with Crippen LogP contribution < -0.4 is 5.32 Å².